The highest BCUT2D eigenvalue weighted by Gasteiger charge is 2.16. The Morgan fingerprint density at radius 3 is 2.47 bits per heavy atom. The Kier molecular flexibility index (Phi) is 7.90. The molecule has 19 heavy (non-hydrogen) atoms. The summed E-state index contributed by atoms with van der Waals surface area (Å²) in [4.78, 5) is 25.1. The third-order valence-corrected chi connectivity index (χ3v) is 4.66. The van der Waals surface area contributed by atoms with Crippen molar-refractivity contribution in [1.82, 2.24) is 15.5 Å². The van der Waals surface area contributed by atoms with Crippen molar-refractivity contribution >= 4 is 23.6 Å². The normalized spacial score (nSPS) is 16.1. The second kappa shape index (κ2) is 9.20. The van der Waals surface area contributed by atoms with Crippen LogP contribution in [0.15, 0.2) is 0 Å². The summed E-state index contributed by atoms with van der Waals surface area (Å²) in [6, 6.07) is 0. The van der Waals surface area contributed by atoms with Crippen molar-refractivity contribution in [1.29, 1.82) is 0 Å². The van der Waals surface area contributed by atoms with Crippen molar-refractivity contribution in [2.75, 3.05) is 38.5 Å². The molecule has 1 aliphatic heterocycles. The van der Waals surface area contributed by atoms with Crippen LogP contribution in [-0.2, 0) is 9.59 Å². The molecule has 5 nitrogen and oxygen atoms in total. The summed E-state index contributed by atoms with van der Waals surface area (Å²) in [7, 11) is 0. The molecule has 2 N–H and O–H groups in total. The Morgan fingerprint density at radius 2 is 1.89 bits per heavy atom. The lowest BCUT2D eigenvalue weighted by molar-refractivity contribution is -0.132. The Hall–Kier alpha value is -0.750. The average molecular weight is 287 g/mol. The number of amides is 2. The molecule has 0 aromatic carbocycles. The van der Waals surface area contributed by atoms with Crippen LogP contribution in [-0.4, -0.2) is 60.4 Å². The van der Waals surface area contributed by atoms with Gasteiger partial charge in [0.2, 0.25) is 11.8 Å². The van der Waals surface area contributed by atoms with Gasteiger partial charge in [0.05, 0.1) is 12.3 Å². The lowest BCUT2D eigenvalue weighted by Gasteiger charge is -2.22. The zero-order chi connectivity index (χ0) is 14.1. The quantitative estimate of drug-likeness (QED) is 0.714. The fourth-order valence-corrected chi connectivity index (χ4v) is 3.13. The predicted molar refractivity (Wildman–Crippen MR) is 79.3 cm³/mol. The molecule has 1 aliphatic rings. The van der Waals surface area contributed by atoms with Crippen LogP contribution in [0.5, 0.6) is 0 Å². The van der Waals surface area contributed by atoms with E-state index in [0.29, 0.717) is 24.1 Å². The summed E-state index contributed by atoms with van der Waals surface area (Å²) in [5, 5.41) is 6.58. The van der Waals surface area contributed by atoms with E-state index in [9.17, 15) is 9.59 Å². The Morgan fingerprint density at radius 1 is 1.26 bits per heavy atom. The Balaban J connectivity index is 2.14. The Labute approximate surface area is 119 Å². The van der Waals surface area contributed by atoms with E-state index in [1.54, 1.807) is 16.7 Å². The molecule has 1 fully saturated rings. The first-order valence-electron chi connectivity index (χ1n) is 7.04. The Bertz CT molecular complexity index is 290. The van der Waals surface area contributed by atoms with Crippen LogP contribution in [0.4, 0.5) is 0 Å². The van der Waals surface area contributed by atoms with E-state index in [4.69, 9.17) is 0 Å². The zero-order valence-electron chi connectivity index (χ0n) is 11.9. The molecule has 0 bridgehead atoms. The first kappa shape index (κ1) is 16.3. The molecule has 1 heterocycles. The fraction of sp³-hybridized carbons (Fsp3) is 0.846. The maximum Gasteiger partial charge on any atom is 0.241 e. The van der Waals surface area contributed by atoms with Gasteiger partial charge in [-0.1, -0.05) is 0 Å². The van der Waals surface area contributed by atoms with Crippen molar-refractivity contribution in [2.24, 2.45) is 0 Å². The first-order chi connectivity index (χ1) is 9.17. The van der Waals surface area contributed by atoms with Crippen molar-refractivity contribution in [3.63, 3.8) is 0 Å². The van der Waals surface area contributed by atoms with Crippen LogP contribution >= 0.6 is 11.8 Å². The van der Waals surface area contributed by atoms with Crippen molar-refractivity contribution in [3.05, 3.63) is 0 Å². The number of piperidine rings is 1. The average Bonchev–Trinajstić information content (AvgIpc) is 2.45. The van der Waals surface area contributed by atoms with Gasteiger partial charge in [0.15, 0.2) is 0 Å². The van der Waals surface area contributed by atoms with E-state index in [1.807, 2.05) is 13.8 Å². The molecule has 0 unspecified atom stereocenters. The molecule has 0 spiro atoms. The zero-order valence-corrected chi connectivity index (χ0v) is 12.7. The van der Waals surface area contributed by atoms with E-state index in [1.165, 1.54) is 0 Å². The third-order valence-electron chi connectivity index (χ3n) is 3.29. The van der Waals surface area contributed by atoms with Crippen LogP contribution < -0.4 is 10.6 Å². The van der Waals surface area contributed by atoms with Gasteiger partial charge in [-0.25, -0.2) is 0 Å². The molecule has 110 valence electrons. The van der Waals surface area contributed by atoms with Crippen LogP contribution in [0, 0.1) is 0 Å². The topological polar surface area (TPSA) is 61.4 Å². The smallest absolute Gasteiger partial charge is 0.241 e. The fourth-order valence-electron chi connectivity index (χ4n) is 2.07. The van der Waals surface area contributed by atoms with E-state index in [0.717, 1.165) is 25.9 Å². The van der Waals surface area contributed by atoms with Crippen molar-refractivity contribution in [2.45, 2.75) is 31.9 Å². The monoisotopic (exact) mass is 287 g/mol. The maximum atomic E-state index is 11.7. The summed E-state index contributed by atoms with van der Waals surface area (Å²) < 4.78 is 0. The summed E-state index contributed by atoms with van der Waals surface area (Å²) in [5.41, 5.74) is 0. The van der Waals surface area contributed by atoms with Crippen molar-refractivity contribution in [3.8, 4) is 0 Å². The van der Waals surface area contributed by atoms with Gasteiger partial charge in [-0.2, -0.15) is 0 Å². The minimum Gasteiger partial charge on any atom is -0.346 e. The van der Waals surface area contributed by atoms with Gasteiger partial charge in [-0.3, -0.25) is 9.59 Å². The third kappa shape index (κ3) is 6.29. The lowest BCUT2D eigenvalue weighted by atomic mass is 10.2. The van der Waals surface area contributed by atoms with Gasteiger partial charge in [0.25, 0.3) is 0 Å². The highest BCUT2D eigenvalue weighted by Crippen LogP contribution is 2.19. The van der Waals surface area contributed by atoms with E-state index >= 15 is 0 Å². The minimum atomic E-state index is -0.0379. The summed E-state index contributed by atoms with van der Waals surface area (Å²) in [5.74, 6) is 0.408. The van der Waals surface area contributed by atoms with Crippen LogP contribution in [0.25, 0.3) is 0 Å². The number of nitrogens with one attached hydrogen (secondary N) is 2. The molecule has 1 rings (SSSR count). The number of nitrogens with zero attached hydrogens (tertiary/aromatic N) is 1. The number of carbonyl (C=O) groups is 2. The molecule has 0 radical (unpaired) electrons. The summed E-state index contributed by atoms with van der Waals surface area (Å²) >= 11 is 1.70. The number of carbonyl (C=O) groups excluding carboxylic acids is 2. The molecule has 0 atom stereocenters. The van der Waals surface area contributed by atoms with Crippen LogP contribution in [0.1, 0.15) is 26.7 Å². The second-order valence-corrected chi connectivity index (χ2v) is 5.89. The first-order valence-corrected chi connectivity index (χ1v) is 8.09. The van der Waals surface area contributed by atoms with Gasteiger partial charge in [0, 0.05) is 18.3 Å². The van der Waals surface area contributed by atoms with E-state index < -0.39 is 0 Å². The summed E-state index contributed by atoms with van der Waals surface area (Å²) in [6.07, 6.45) is 2.24. The molecule has 0 aromatic rings. The second-order valence-electron chi connectivity index (χ2n) is 4.60. The SMILES string of the molecule is CCN(CC)C(=O)CNC(=O)CSC1CCNCC1. The molecule has 1 saturated heterocycles. The minimum absolute atomic E-state index is 0.00906. The van der Waals surface area contributed by atoms with Gasteiger partial charge in [0.1, 0.15) is 0 Å². The highest BCUT2D eigenvalue weighted by molar-refractivity contribution is 8.00. The predicted octanol–water partition coefficient (Wildman–Crippen LogP) is 0.456. The summed E-state index contributed by atoms with van der Waals surface area (Å²) in [6.45, 7) is 7.46. The largest absolute Gasteiger partial charge is 0.346 e. The van der Waals surface area contributed by atoms with Crippen LogP contribution in [0.2, 0.25) is 0 Å². The molecular weight excluding hydrogens is 262 g/mol. The van der Waals surface area contributed by atoms with Gasteiger partial charge >= 0.3 is 0 Å². The van der Waals surface area contributed by atoms with Gasteiger partial charge in [-0.15, -0.1) is 11.8 Å². The number of hydrogen-bond acceptors (Lipinski definition) is 4. The molecular formula is C13H25N3O2S. The van der Waals surface area contributed by atoms with E-state index in [2.05, 4.69) is 10.6 Å². The van der Waals surface area contributed by atoms with Gasteiger partial charge < -0.3 is 15.5 Å². The van der Waals surface area contributed by atoms with Crippen LogP contribution in [0.3, 0.4) is 0 Å². The molecule has 0 saturated carbocycles. The molecule has 0 aromatic heterocycles. The van der Waals surface area contributed by atoms with Crippen molar-refractivity contribution < 1.29 is 9.59 Å². The highest BCUT2D eigenvalue weighted by atomic mass is 32.2. The maximum absolute atomic E-state index is 11.7. The lowest BCUT2D eigenvalue weighted by Crippen LogP contribution is -2.40. The molecule has 2 amide bonds. The molecule has 6 heteroatoms. The van der Waals surface area contributed by atoms with Gasteiger partial charge in [-0.05, 0) is 39.8 Å². The number of thioether (sulfide) groups is 1. The number of likely N-dealkylation sites (N-methyl/N-ethyl adjacent to an activating group) is 1. The number of hydrogen-bond donors (Lipinski definition) is 2. The number of rotatable bonds is 7. The molecule has 0 aliphatic carbocycles. The standard InChI is InChI=1S/C13H25N3O2S/c1-3-16(4-2)13(18)9-15-12(17)10-19-11-5-7-14-8-6-11/h11,14H,3-10H2,1-2H3,(H,15,17). The van der Waals surface area contributed by atoms with E-state index in [-0.39, 0.29) is 18.4 Å².